The molecule has 0 aliphatic carbocycles. The fourth-order valence-corrected chi connectivity index (χ4v) is 5.19. The van der Waals surface area contributed by atoms with E-state index in [2.05, 4.69) is 43.0 Å². The molecule has 0 saturated carbocycles. The summed E-state index contributed by atoms with van der Waals surface area (Å²) in [5, 5.41) is 1.24. The number of halogens is 1. The van der Waals surface area contributed by atoms with Gasteiger partial charge in [0.25, 0.3) is 0 Å². The molecule has 2 aliphatic rings. The van der Waals surface area contributed by atoms with Gasteiger partial charge >= 0.3 is 0 Å². The Balaban J connectivity index is 1.48. The highest BCUT2D eigenvalue weighted by atomic mass is 19.1. The van der Waals surface area contributed by atoms with Crippen molar-refractivity contribution < 1.29 is 9.18 Å². The number of rotatable bonds is 5. The van der Waals surface area contributed by atoms with Crippen molar-refractivity contribution in [1.82, 2.24) is 19.9 Å². The summed E-state index contributed by atoms with van der Waals surface area (Å²) in [6.07, 6.45) is 7.40. The molecule has 4 heterocycles. The highest BCUT2D eigenvalue weighted by Gasteiger charge is 2.35. The Morgan fingerprint density at radius 3 is 2.56 bits per heavy atom. The van der Waals surface area contributed by atoms with Crippen molar-refractivity contribution in [3.05, 3.63) is 53.5 Å². The van der Waals surface area contributed by atoms with Crippen LogP contribution in [0.1, 0.15) is 49.6 Å². The summed E-state index contributed by atoms with van der Waals surface area (Å²) in [7, 11) is 0. The molecule has 0 amide bonds. The maximum atomic E-state index is 14.7. The Hall–Kier alpha value is -2.80. The molecule has 1 aromatic carbocycles. The largest absolute Gasteiger partial charge is 0.357 e. The molecule has 5 rings (SSSR count). The van der Waals surface area contributed by atoms with Gasteiger partial charge in [0.1, 0.15) is 12.0 Å². The summed E-state index contributed by atoms with van der Waals surface area (Å²) < 4.78 is 14.7. The molecule has 32 heavy (non-hydrogen) atoms. The van der Waals surface area contributed by atoms with E-state index in [0.717, 1.165) is 62.0 Å². The molecule has 2 aromatic heterocycles. The van der Waals surface area contributed by atoms with Crippen molar-refractivity contribution in [2.75, 3.05) is 31.1 Å². The van der Waals surface area contributed by atoms with Gasteiger partial charge < -0.3 is 14.7 Å². The molecule has 6 nitrogen and oxygen atoms in total. The maximum Gasteiger partial charge on any atom is 0.225 e. The number of alkyl halides is 1. The molecule has 168 valence electrons. The van der Waals surface area contributed by atoms with Gasteiger partial charge in [0.15, 0.2) is 0 Å². The van der Waals surface area contributed by atoms with Gasteiger partial charge in [-0.15, -0.1) is 0 Å². The minimum atomic E-state index is -1.30. The zero-order valence-corrected chi connectivity index (χ0v) is 18.7. The lowest BCUT2D eigenvalue weighted by molar-refractivity contribution is -0.111. The normalized spacial score (nSPS) is 20.5. The van der Waals surface area contributed by atoms with Gasteiger partial charge in [0.2, 0.25) is 5.95 Å². The van der Waals surface area contributed by atoms with Crippen molar-refractivity contribution in [3.63, 3.8) is 0 Å². The molecular weight excluding hydrogens is 405 g/mol. The van der Waals surface area contributed by atoms with E-state index in [1.165, 1.54) is 10.9 Å². The number of carbonyl (C=O) groups excluding carboxylic acids is 1. The van der Waals surface area contributed by atoms with Crippen LogP contribution in [0.3, 0.4) is 0 Å². The second-order valence-electron chi connectivity index (χ2n) is 9.68. The standard InChI is InChI=1S/C25H30FN5O/c1-25(2,26)16-31-12-9-20-19-5-3-4-6-21(19)29-22(20)23(31)18-13-27-24(28-14-18)30-10-7-17(15-32)8-11-30/h3-6,13-15,17,23,29H,7-12,16H2,1-2H3. The van der Waals surface area contributed by atoms with Gasteiger partial charge in [-0.1, -0.05) is 18.2 Å². The van der Waals surface area contributed by atoms with Crippen molar-refractivity contribution in [3.8, 4) is 0 Å². The highest BCUT2D eigenvalue weighted by molar-refractivity contribution is 5.85. The van der Waals surface area contributed by atoms with Crippen molar-refractivity contribution in [1.29, 1.82) is 0 Å². The van der Waals surface area contributed by atoms with E-state index in [0.29, 0.717) is 12.5 Å². The third-order valence-electron chi connectivity index (χ3n) is 6.70. The van der Waals surface area contributed by atoms with Gasteiger partial charge in [0, 0.05) is 66.7 Å². The summed E-state index contributed by atoms with van der Waals surface area (Å²) >= 11 is 0. The van der Waals surface area contributed by atoms with E-state index >= 15 is 0 Å². The first-order chi connectivity index (χ1) is 15.4. The number of piperidine rings is 1. The molecule has 1 atom stereocenters. The quantitative estimate of drug-likeness (QED) is 0.612. The van der Waals surface area contributed by atoms with Crippen LogP contribution in [0, 0.1) is 5.92 Å². The number of para-hydroxylation sites is 1. The number of nitrogens with zero attached hydrogens (tertiary/aromatic N) is 4. The first-order valence-electron chi connectivity index (χ1n) is 11.5. The number of aromatic amines is 1. The number of H-pyrrole nitrogens is 1. The first kappa shape index (κ1) is 21.1. The average molecular weight is 436 g/mol. The number of hydrogen-bond donors (Lipinski definition) is 1. The summed E-state index contributed by atoms with van der Waals surface area (Å²) in [5.41, 5.74) is 3.20. The lowest BCUT2D eigenvalue weighted by Crippen LogP contribution is -2.43. The average Bonchev–Trinajstić information content (AvgIpc) is 3.17. The van der Waals surface area contributed by atoms with Crippen LogP contribution < -0.4 is 4.90 Å². The molecule has 0 spiro atoms. The number of aldehydes is 1. The van der Waals surface area contributed by atoms with Crippen LogP contribution in [0.5, 0.6) is 0 Å². The van der Waals surface area contributed by atoms with E-state index in [1.807, 2.05) is 18.5 Å². The number of fused-ring (bicyclic) bond motifs is 3. The van der Waals surface area contributed by atoms with Crippen LogP contribution in [0.4, 0.5) is 10.3 Å². The van der Waals surface area contributed by atoms with Crippen LogP contribution in [-0.2, 0) is 11.2 Å². The minimum absolute atomic E-state index is 0.115. The molecule has 1 N–H and O–H groups in total. The molecular formula is C25H30FN5O. The zero-order chi connectivity index (χ0) is 22.3. The molecule has 2 aliphatic heterocycles. The van der Waals surface area contributed by atoms with Crippen LogP contribution in [0.15, 0.2) is 36.7 Å². The Morgan fingerprint density at radius 2 is 1.88 bits per heavy atom. The fraction of sp³-hybridized carbons (Fsp3) is 0.480. The molecule has 7 heteroatoms. The van der Waals surface area contributed by atoms with Crippen LogP contribution >= 0.6 is 0 Å². The molecule has 1 unspecified atom stereocenters. The third-order valence-corrected chi connectivity index (χ3v) is 6.70. The highest BCUT2D eigenvalue weighted by Crippen LogP contribution is 2.39. The molecule has 0 radical (unpaired) electrons. The number of carbonyl (C=O) groups is 1. The third kappa shape index (κ3) is 4.01. The maximum absolute atomic E-state index is 14.7. The van der Waals surface area contributed by atoms with E-state index in [1.54, 1.807) is 13.8 Å². The SMILES string of the molecule is CC(C)(F)CN1CCc2c([nH]c3ccccc23)C1c1cnc(N2CCC(C=O)CC2)nc1. The van der Waals surface area contributed by atoms with Gasteiger partial charge in [-0.3, -0.25) is 4.90 Å². The molecule has 3 aromatic rings. The summed E-state index contributed by atoms with van der Waals surface area (Å²) in [4.78, 5) is 28.3. The van der Waals surface area contributed by atoms with Crippen LogP contribution in [0.2, 0.25) is 0 Å². The minimum Gasteiger partial charge on any atom is -0.357 e. The number of aromatic nitrogens is 3. The van der Waals surface area contributed by atoms with E-state index in [4.69, 9.17) is 0 Å². The van der Waals surface area contributed by atoms with Crippen LogP contribution in [0.25, 0.3) is 10.9 Å². The topological polar surface area (TPSA) is 65.1 Å². The Labute approximate surface area is 187 Å². The first-order valence-corrected chi connectivity index (χ1v) is 11.5. The predicted octanol–water partition coefficient (Wildman–Crippen LogP) is 4.07. The zero-order valence-electron chi connectivity index (χ0n) is 18.7. The second kappa shape index (κ2) is 8.28. The predicted molar refractivity (Wildman–Crippen MR) is 124 cm³/mol. The second-order valence-corrected chi connectivity index (χ2v) is 9.68. The van der Waals surface area contributed by atoms with Crippen molar-refractivity contribution >= 4 is 23.1 Å². The Bertz CT molecular complexity index is 1100. The monoisotopic (exact) mass is 435 g/mol. The van der Waals surface area contributed by atoms with Gasteiger partial charge in [0.05, 0.1) is 6.04 Å². The summed E-state index contributed by atoms with van der Waals surface area (Å²) in [5.74, 6) is 0.842. The van der Waals surface area contributed by atoms with E-state index in [9.17, 15) is 9.18 Å². The van der Waals surface area contributed by atoms with E-state index in [-0.39, 0.29) is 12.0 Å². The van der Waals surface area contributed by atoms with Crippen LogP contribution in [-0.4, -0.2) is 58.0 Å². The molecule has 0 bridgehead atoms. The van der Waals surface area contributed by atoms with Crippen molar-refractivity contribution in [2.45, 2.75) is 44.8 Å². The number of nitrogens with one attached hydrogen (secondary N) is 1. The lowest BCUT2D eigenvalue weighted by atomic mass is 9.92. The number of anilines is 1. The lowest BCUT2D eigenvalue weighted by Gasteiger charge is -2.38. The van der Waals surface area contributed by atoms with E-state index < -0.39 is 5.67 Å². The number of benzene rings is 1. The molecule has 1 saturated heterocycles. The Morgan fingerprint density at radius 1 is 1.16 bits per heavy atom. The Kier molecular flexibility index (Phi) is 5.45. The number of hydrogen-bond acceptors (Lipinski definition) is 5. The summed E-state index contributed by atoms with van der Waals surface area (Å²) in [6, 6.07) is 8.23. The fourth-order valence-electron chi connectivity index (χ4n) is 5.19. The van der Waals surface area contributed by atoms with Gasteiger partial charge in [-0.2, -0.15) is 0 Å². The van der Waals surface area contributed by atoms with Gasteiger partial charge in [-0.25, -0.2) is 14.4 Å². The van der Waals surface area contributed by atoms with Crippen molar-refractivity contribution in [2.24, 2.45) is 5.92 Å². The van der Waals surface area contributed by atoms with Gasteiger partial charge in [-0.05, 0) is 44.7 Å². The smallest absolute Gasteiger partial charge is 0.225 e. The summed E-state index contributed by atoms with van der Waals surface area (Å²) in [6.45, 7) is 5.98. The molecule has 1 fully saturated rings.